The Balaban J connectivity index is 0.00000196. The number of aromatic nitrogens is 4. The van der Waals surface area contributed by atoms with Gasteiger partial charge < -0.3 is 5.73 Å². The van der Waals surface area contributed by atoms with Crippen LogP contribution >= 0.6 is 12.4 Å². The van der Waals surface area contributed by atoms with E-state index in [-0.39, 0.29) is 18.4 Å². The van der Waals surface area contributed by atoms with Crippen molar-refractivity contribution in [3.05, 3.63) is 78.4 Å². The van der Waals surface area contributed by atoms with E-state index in [1.54, 1.807) is 12.4 Å². The summed E-state index contributed by atoms with van der Waals surface area (Å²) in [6, 6.07) is 17.8. The lowest BCUT2D eigenvalue weighted by Gasteiger charge is -2.14. The molecule has 0 saturated carbocycles. The van der Waals surface area contributed by atoms with E-state index in [4.69, 9.17) is 10.8 Å². The number of benzene rings is 1. The van der Waals surface area contributed by atoms with Crippen molar-refractivity contribution in [3.63, 3.8) is 0 Å². The lowest BCUT2D eigenvalue weighted by molar-refractivity contribution is 0.684. The number of para-hydroxylation sites is 1. The monoisotopic (exact) mass is 365 g/mol. The molecule has 0 amide bonds. The molecule has 0 bridgehead atoms. The Labute approximate surface area is 158 Å². The third kappa shape index (κ3) is 3.31. The summed E-state index contributed by atoms with van der Waals surface area (Å²) >= 11 is 0. The van der Waals surface area contributed by atoms with Gasteiger partial charge in [-0.15, -0.1) is 12.4 Å². The second-order valence-corrected chi connectivity index (χ2v) is 6.06. The van der Waals surface area contributed by atoms with Gasteiger partial charge in [-0.3, -0.25) is 14.6 Å². The van der Waals surface area contributed by atoms with E-state index in [0.717, 1.165) is 33.5 Å². The van der Waals surface area contributed by atoms with Crippen molar-refractivity contribution in [2.24, 2.45) is 12.8 Å². The zero-order valence-electron chi connectivity index (χ0n) is 14.4. The SMILES string of the molecule is Cl.Cn1nc(-c2cccnc2C(N)Cc2ccccn2)c2ccccc21. The van der Waals surface area contributed by atoms with Gasteiger partial charge in [0, 0.05) is 42.5 Å². The molecule has 3 heterocycles. The summed E-state index contributed by atoms with van der Waals surface area (Å²) < 4.78 is 1.89. The molecule has 4 aromatic rings. The second kappa shape index (κ2) is 7.64. The largest absolute Gasteiger partial charge is 0.322 e. The lowest BCUT2D eigenvalue weighted by atomic mass is 9.99. The first-order valence-corrected chi connectivity index (χ1v) is 8.26. The van der Waals surface area contributed by atoms with Crippen molar-refractivity contribution in [2.75, 3.05) is 0 Å². The molecule has 0 aliphatic carbocycles. The average Bonchev–Trinajstić information content (AvgIpc) is 3.00. The van der Waals surface area contributed by atoms with Crippen LogP contribution in [0.1, 0.15) is 17.4 Å². The van der Waals surface area contributed by atoms with Gasteiger partial charge in [-0.05, 0) is 30.3 Å². The maximum absolute atomic E-state index is 6.48. The Morgan fingerprint density at radius 2 is 1.73 bits per heavy atom. The minimum Gasteiger partial charge on any atom is -0.322 e. The number of rotatable bonds is 4. The summed E-state index contributed by atoms with van der Waals surface area (Å²) in [6.07, 6.45) is 4.20. The van der Waals surface area contributed by atoms with Crippen LogP contribution in [0.4, 0.5) is 0 Å². The zero-order chi connectivity index (χ0) is 17.2. The minimum atomic E-state index is -0.244. The molecular weight excluding hydrogens is 346 g/mol. The van der Waals surface area contributed by atoms with Gasteiger partial charge >= 0.3 is 0 Å². The molecule has 3 aromatic heterocycles. The molecular formula is C20H20ClN5. The highest BCUT2D eigenvalue weighted by atomic mass is 35.5. The third-order valence-corrected chi connectivity index (χ3v) is 4.36. The fraction of sp³-hybridized carbons (Fsp3) is 0.150. The fourth-order valence-electron chi connectivity index (χ4n) is 3.17. The first-order chi connectivity index (χ1) is 12.2. The van der Waals surface area contributed by atoms with Crippen LogP contribution in [0.15, 0.2) is 67.0 Å². The molecule has 5 nitrogen and oxygen atoms in total. The number of nitrogens with zero attached hydrogens (tertiary/aromatic N) is 4. The number of pyridine rings is 2. The van der Waals surface area contributed by atoms with E-state index in [0.29, 0.717) is 6.42 Å². The fourth-order valence-corrected chi connectivity index (χ4v) is 3.17. The molecule has 1 aromatic carbocycles. The predicted octanol–water partition coefficient (Wildman–Crippen LogP) is 3.69. The van der Waals surface area contributed by atoms with Crippen molar-refractivity contribution < 1.29 is 0 Å². The van der Waals surface area contributed by atoms with E-state index in [2.05, 4.69) is 22.1 Å². The number of hydrogen-bond acceptors (Lipinski definition) is 4. The van der Waals surface area contributed by atoms with Crippen LogP contribution in [0, 0.1) is 0 Å². The van der Waals surface area contributed by atoms with Crippen LogP contribution in [-0.4, -0.2) is 19.7 Å². The standard InChI is InChI=1S/C20H19N5.ClH/c1-25-18-10-3-2-8-15(18)19(24-25)16-9-6-12-23-20(16)17(21)13-14-7-4-5-11-22-14;/h2-12,17H,13,21H2,1H3;1H. The van der Waals surface area contributed by atoms with Crippen LogP contribution in [0.5, 0.6) is 0 Å². The third-order valence-electron chi connectivity index (χ3n) is 4.36. The summed E-state index contributed by atoms with van der Waals surface area (Å²) in [5.41, 5.74) is 11.3. The topological polar surface area (TPSA) is 69.6 Å². The van der Waals surface area contributed by atoms with Crippen molar-refractivity contribution in [1.29, 1.82) is 0 Å². The summed E-state index contributed by atoms with van der Waals surface area (Å²) in [5, 5.41) is 5.82. The highest BCUT2D eigenvalue weighted by Gasteiger charge is 2.19. The van der Waals surface area contributed by atoms with Crippen LogP contribution in [0.25, 0.3) is 22.2 Å². The van der Waals surface area contributed by atoms with Gasteiger partial charge in [0.1, 0.15) is 5.69 Å². The Kier molecular flexibility index (Phi) is 5.30. The minimum absolute atomic E-state index is 0. The van der Waals surface area contributed by atoms with Crippen molar-refractivity contribution in [3.8, 4) is 11.3 Å². The smallest absolute Gasteiger partial charge is 0.102 e. The molecule has 0 aliphatic rings. The Hall–Kier alpha value is -2.76. The molecule has 0 saturated heterocycles. The Morgan fingerprint density at radius 3 is 2.54 bits per heavy atom. The highest BCUT2D eigenvalue weighted by Crippen LogP contribution is 2.31. The van der Waals surface area contributed by atoms with Gasteiger partial charge in [-0.25, -0.2) is 0 Å². The number of aryl methyl sites for hydroxylation is 1. The van der Waals surface area contributed by atoms with Gasteiger partial charge in [0.2, 0.25) is 0 Å². The number of fused-ring (bicyclic) bond motifs is 1. The molecule has 132 valence electrons. The summed E-state index contributed by atoms with van der Waals surface area (Å²) in [6.45, 7) is 0. The van der Waals surface area contributed by atoms with E-state index < -0.39 is 0 Å². The van der Waals surface area contributed by atoms with Gasteiger partial charge in [0.15, 0.2) is 0 Å². The summed E-state index contributed by atoms with van der Waals surface area (Å²) in [4.78, 5) is 8.94. The number of halogens is 1. The first kappa shape index (κ1) is 18.0. The molecule has 26 heavy (non-hydrogen) atoms. The van der Waals surface area contributed by atoms with Crippen LogP contribution in [0.3, 0.4) is 0 Å². The Morgan fingerprint density at radius 1 is 0.962 bits per heavy atom. The molecule has 0 fully saturated rings. The molecule has 2 N–H and O–H groups in total. The summed E-state index contributed by atoms with van der Waals surface area (Å²) in [7, 11) is 1.95. The molecule has 6 heteroatoms. The summed E-state index contributed by atoms with van der Waals surface area (Å²) in [5.74, 6) is 0. The van der Waals surface area contributed by atoms with Crippen molar-refractivity contribution in [1.82, 2.24) is 19.7 Å². The first-order valence-electron chi connectivity index (χ1n) is 8.26. The molecule has 1 atom stereocenters. The normalized spacial score (nSPS) is 11.9. The van der Waals surface area contributed by atoms with E-state index in [1.807, 2.05) is 54.2 Å². The second-order valence-electron chi connectivity index (χ2n) is 6.06. The van der Waals surface area contributed by atoms with Crippen molar-refractivity contribution >= 4 is 23.3 Å². The van der Waals surface area contributed by atoms with Gasteiger partial charge in [-0.2, -0.15) is 5.10 Å². The van der Waals surface area contributed by atoms with Crippen LogP contribution in [0.2, 0.25) is 0 Å². The molecule has 0 spiro atoms. The van der Waals surface area contributed by atoms with E-state index >= 15 is 0 Å². The highest BCUT2D eigenvalue weighted by molar-refractivity contribution is 5.93. The zero-order valence-corrected chi connectivity index (χ0v) is 15.2. The van der Waals surface area contributed by atoms with Crippen LogP contribution in [-0.2, 0) is 13.5 Å². The predicted molar refractivity (Wildman–Crippen MR) is 106 cm³/mol. The van der Waals surface area contributed by atoms with Gasteiger partial charge in [0.05, 0.1) is 17.3 Å². The quantitative estimate of drug-likeness (QED) is 0.598. The van der Waals surface area contributed by atoms with E-state index in [1.165, 1.54) is 0 Å². The van der Waals surface area contributed by atoms with Gasteiger partial charge in [0.25, 0.3) is 0 Å². The molecule has 0 aliphatic heterocycles. The molecule has 0 radical (unpaired) electrons. The Bertz CT molecular complexity index is 1010. The molecule has 4 rings (SSSR count). The lowest BCUT2D eigenvalue weighted by Crippen LogP contribution is -2.16. The van der Waals surface area contributed by atoms with Crippen LogP contribution < -0.4 is 5.73 Å². The van der Waals surface area contributed by atoms with Gasteiger partial charge in [-0.1, -0.05) is 24.3 Å². The van der Waals surface area contributed by atoms with E-state index in [9.17, 15) is 0 Å². The maximum Gasteiger partial charge on any atom is 0.102 e. The number of nitrogens with two attached hydrogens (primary N) is 1. The number of hydrogen-bond donors (Lipinski definition) is 1. The average molecular weight is 366 g/mol. The molecule has 1 unspecified atom stereocenters. The van der Waals surface area contributed by atoms with Crippen molar-refractivity contribution in [2.45, 2.75) is 12.5 Å². The maximum atomic E-state index is 6.48.